The van der Waals surface area contributed by atoms with Crippen molar-refractivity contribution < 1.29 is 12.8 Å². The first kappa shape index (κ1) is 15.0. The van der Waals surface area contributed by atoms with Crippen LogP contribution < -0.4 is 10.5 Å². The van der Waals surface area contributed by atoms with E-state index in [-0.39, 0.29) is 10.7 Å². The molecule has 0 heterocycles. The van der Waals surface area contributed by atoms with Crippen LogP contribution in [0.2, 0.25) is 0 Å². The van der Waals surface area contributed by atoms with Gasteiger partial charge < -0.3 is 5.32 Å². The Morgan fingerprint density at radius 3 is 2.60 bits per heavy atom. The maximum Gasteiger partial charge on any atom is 0.238 e. The number of primary sulfonamides is 1. The van der Waals surface area contributed by atoms with Crippen LogP contribution in [0.5, 0.6) is 0 Å². The van der Waals surface area contributed by atoms with E-state index in [4.69, 9.17) is 5.14 Å². The maximum atomic E-state index is 13.1. The highest BCUT2D eigenvalue weighted by molar-refractivity contribution is 9.10. The summed E-state index contributed by atoms with van der Waals surface area (Å²) in [5.41, 5.74) is 1.48. The Kier molecular flexibility index (Phi) is 4.42. The minimum atomic E-state index is -3.72. The van der Waals surface area contributed by atoms with Crippen molar-refractivity contribution in [2.45, 2.75) is 11.4 Å². The van der Waals surface area contributed by atoms with E-state index in [0.717, 1.165) is 5.56 Å². The van der Waals surface area contributed by atoms with Crippen molar-refractivity contribution in [3.8, 4) is 0 Å². The highest BCUT2D eigenvalue weighted by Gasteiger charge is 2.07. The topological polar surface area (TPSA) is 72.2 Å². The van der Waals surface area contributed by atoms with Gasteiger partial charge in [-0.25, -0.2) is 17.9 Å². The Labute approximate surface area is 125 Å². The second kappa shape index (κ2) is 5.90. The molecule has 0 saturated carbocycles. The van der Waals surface area contributed by atoms with E-state index in [2.05, 4.69) is 21.2 Å². The minimum Gasteiger partial charge on any atom is -0.381 e. The first-order chi connectivity index (χ1) is 9.36. The number of sulfonamides is 1. The van der Waals surface area contributed by atoms with E-state index >= 15 is 0 Å². The maximum absolute atomic E-state index is 13.1. The second-order valence-corrected chi connectivity index (χ2v) is 6.59. The van der Waals surface area contributed by atoms with Gasteiger partial charge in [0.2, 0.25) is 10.0 Å². The normalized spacial score (nSPS) is 11.3. The van der Waals surface area contributed by atoms with Crippen LogP contribution in [0.1, 0.15) is 5.56 Å². The van der Waals surface area contributed by atoms with E-state index in [1.54, 1.807) is 24.3 Å². The Hall–Kier alpha value is -1.44. The van der Waals surface area contributed by atoms with Crippen LogP contribution in [0.3, 0.4) is 0 Å². The van der Waals surface area contributed by atoms with Crippen molar-refractivity contribution in [2.75, 3.05) is 5.32 Å². The van der Waals surface area contributed by atoms with Crippen molar-refractivity contribution in [1.29, 1.82) is 0 Å². The number of benzene rings is 2. The molecular formula is C13H12BrFN2O2S. The lowest BCUT2D eigenvalue weighted by atomic mass is 10.2. The Morgan fingerprint density at radius 1 is 1.20 bits per heavy atom. The Balaban J connectivity index is 2.13. The number of nitrogens with two attached hydrogens (primary N) is 1. The molecule has 7 heteroatoms. The van der Waals surface area contributed by atoms with E-state index < -0.39 is 10.0 Å². The zero-order valence-corrected chi connectivity index (χ0v) is 12.7. The van der Waals surface area contributed by atoms with Crippen LogP contribution in [0.25, 0.3) is 0 Å². The van der Waals surface area contributed by atoms with E-state index in [1.165, 1.54) is 18.2 Å². The third-order valence-corrected chi connectivity index (χ3v) is 4.16. The SMILES string of the molecule is NS(=O)(=O)c1cccc(NCc2ccc(F)c(Br)c2)c1. The highest BCUT2D eigenvalue weighted by Crippen LogP contribution is 2.19. The number of anilines is 1. The molecule has 0 bridgehead atoms. The van der Waals surface area contributed by atoms with E-state index in [9.17, 15) is 12.8 Å². The van der Waals surface area contributed by atoms with Gasteiger partial charge in [0.25, 0.3) is 0 Å². The summed E-state index contributed by atoms with van der Waals surface area (Å²) in [4.78, 5) is 0.0442. The van der Waals surface area contributed by atoms with Gasteiger partial charge in [0.05, 0.1) is 9.37 Å². The van der Waals surface area contributed by atoms with Crippen molar-refractivity contribution in [1.82, 2.24) is 0 Å². The van der Waals surface area contributed by atoms with Gasteiger partial charge in [0.15, 0.2) is 0 Å². The van der Waals surface area contributed by atoms with Crippen LogP contribution in [0, 0.1) is 5.82 Å². The fraction of sp³-hybridized carbons (Fsp3) is 0.0769. The molecule has 0 spiro atoms. The molecular weight excluding hydrogens is 347 g/mol. The van der Waals surface area contributed by atoms with Crippen LogP contribution in [-0.2, 0) is 16.6 Å². The van der Waals surface area contributed by atoms with Gasteiger partial charge in [-0.15, -0.1) is 0 Å². The Morgan fingerprint density at radius 2 is 1.95 bits per heavy atom. The fourth-order valence-corrected chi connectivity index (χ4v) is 2.62. The summed E-state index contributed by atoms with van der Waals surface area (Å²) in [6, 6.07) is 10.9. The van der Waals surface area contributed by atoms with Crippen molar-refractivity contribution in [3.05, 3.63) is 58.3 Å². The number of halogens is 2. The molecule has 4 nitrogen and oxygen atoms in total. The van der Waals surface area contributed by atoms with Crippen molar-refractivity contribution in [3.63, 3.8) is 0 Å². The molecule has 0 aliphatic heterocycles. The van der Waals surface area contributed by atoms with Gasteiger partial charge >= 0.3 is 0 Å². The largest absolute Gasteiger partial charge is 0.381 e. The van der Waals surface area contributed by atoms with Crippen molar-refractivity contribution in [2.24, 2.45) is 5.14 Å². The molecule has 2 aromatic rings. The van der Waals surface area contributed by atoms with Crippen LogP contribution >= 0.6 is 15.9 Å². The molecule has 3 N–H and O–H groups in total. The van der Waals surface area contributed by atoms with Crippen LogP contribution in [0.4, 0.5) is 10.1 Å². The van der Waals surface area contributed by atoms with Gasteiger partial charge in [-0.1, -0.05) is 12.1 Å². The first-order valence-electron chi connectivity index (χ1n) is 5.67. The summed E-state index contributed by atoms with van der Waals surface area (Å²) >= 11 is 3.11. The van der Waals surface area contributed by atoms with Crippen LogP contribution in [-0.4, -0.2) is 8.42 Å². The predicted molar refractivity (Wildman–Crippen MR) is 79.2 cm³/mol. The summed E-state index contributed by atoms with van der Waals surface area (Å²) in [6.07, 6.45) is 0. The number of rotatable bonds is 4. The van der Waals surface area contributed by atoms with Gasteiger partial charge in [-0.05, 0) is 51.8 Å². The third kappa shape index (κ3) is 3.78. The molecule has 20 heavy (non-hydrogen) atoms. The standard InChI is InChI=1S/C13H12BrFN2O2S/c14-12-6-9(4-5-13(12)15)8-17-10-2-1-3-11(7-10)20(16,18)19/h1-7,17H,8H2,(H2,16,18,19). The monoisotopic (exact) mass is 358 g/mol. The average Bonchev–Trinajstić information content (AvgIpc) is 2.39. The summed E-state index contributed by atoms with van der Waals surface area (Å²) in [7, 11) is -3.72. The lowest BCUT2D eigenvalue weighted by molar-refractivity contribution is 0.598. The molecule has 2 aromatic carbocycles. The lowest BCUT2D eigenvalue weighted by Gasteiger charge is -2.08. The molecule has 0 aromatic heterocycles. The predicted octanol–water partition coefficient (Wildman–Crippen LogP) is 2.85. The molecule has 0 aliphatic rings. The number of hydrogen-bond donors (Lipinski definition) is 2. The zero-order valence-electron chi connectivity index (χ0n) is 10.3. The molecule has 0 unspecified atom stereocenters. The average molecular weight is 359 g/mol. The fourth-order valence-electron chi connectivity index (χ4n) is 1.64. The number of hydrogen-bond acceptors (Lipinski definition) is 3. The molecule has 0 atom stereocenters. The molecule has 0 fully saturated rings. The van der Waals surface area contributed by atoms with Gasteiger partial charge in [-0.2, -0.15) is 0 Å². The smallest absolute Gasteiger partial charge is 0.238 e. The number of nitrogens with one attached hydrogen (secondary N) is 1. The van der Waals surface area contributed by atoms with Gasteiger partial charge in [0, 0.05) is 12.2 Å². The molecule has 106 valence electrons. The highest BCUT2D eigenvalue weighted by atomic mass is 79.9. The quantitative estimate of drug-likeness (QED) is 0.882. The summed E-state index contributed by atoms with van der Waals surface area (Å²) in [5, 5.41) is 8.12. The van der Waals surface area contributed by atoms with Gasteiger partial charge in [-0.3, -0.25) is 0 Å². The molecule has 0 aliphatic carbocycles. The molecule has 0 amide bonds. The minimum absolute atomic E-state index is 0.0442. The van der Waals surface area contributed by atoms with Crippen LogP contribution in [0.15, 0.2) is 51.8 Å². The van der Waals surface area contributed by atoms with E-state index in [0.29, 0.717) is 16.7 Å². The Bertz CT molecular complexity index is 735. The zero-order chi connectivity index (χ0) is 14.8. The summed E-state index contributed by atoms with van der Waals surface area (Å²) in [5.74, 6) is -0.329. The molecule has 0 saturated heterocycles. The summed E-state index contributed by atoms with van der Waals surface area (Å²) < 4.78 is 36.0. The third-order valence-electron chi connectivity index (χ3n) is 2.64. The molecule has 0 radical (unpaired) electrons. The lowest BCUT2D eigenvalue weighted by Crippen LogP contribution is -2.12. The van der Waals surface area contributed by atoms with E-state index in [1.807, 2.05) is 0 Å². The molecule has 2 rings (SSSR count). The first-order valence-corrected chi connectivity index (χ1v) is 8.01. The summed E-state index contributed by atoms with van der Waals surface area (Å²) in [6.45, 7) is 0.437. The van der Waals surface area contributed by atoms with Gasteiger partial charge in [0.1, 0.15) is 5.82 Å². The van der Waals surface area contributed by atoms with Crippen molar-refractivity contribution >= 4 is 31.6 Å². The second-order valence-electron chi connectivity index (χ2n) is 4.17.